The molecule has 10 nitrogen and oxygen atoms in total. The van der Waals surface area contributed by atoms with Crippen LogP contribution in [-0.2, 0) is 11.0 Å². The van der Waals surface area contributed by atoms with Gasteiger partial charge in [-0.15, -0.1) is 0 Å². The molecule has 3 N–H and O–H groups in total. The SMILES string of the molecule is FC(F)(F)c1nc(-c2nc3nc(Cl)ccn3c2-c2cnc[nH]2)n[nH]1.O=C(O)C(F)(F)F. The van der Waals surface area contributed by atoms with Crippen LogP contribution in [-0.4, -0.2) is 56.8 Å². The number of alkyl halides is 6. The first-order valence-electron chi connectivity index (χ1n) is 7.71. The Morgan fingerprint density at radius 2 is 1.81 bits per heavy atom. The number of rotatable bonds is 2. The fraction of sp³-hybridized carbons (Fsp3) is 0.143. The molecule has 0 aliphatic carbocycles. The minimum atomic E-state index is -5.08. The third-order valence-corrected chi connectivity index (χ3v) is 3.63. The number of nitrogens with one attached hydrogen (secondary N) is 2. The van der Waals surface area contributed by atoms with E-state index in [9.17, 15) is 26.3 Å². The van der Waals surface area contributed by atoms with Crippen LogP contribution in [0.2, 0.25) is 5.15 Å². The average Bonchev–Trinajstić information content (AvgIpc) is 3.39. The molecule has 0 bridgehead atoms. The lowest BCUT2D eigenvalue weighted by Gasteiger charge is -2.00. The summed E-state index contributed by atoms with van der Waals surface area (Å²) < 4.78 is 71.5. The van der Waals surface area contributed by atoms with Crippen LogP contribution in [0.1, 0.15) is 5.82 Å². The molecule has 0 radical (unpaired) electrons. The van der Waals surface area contributed by atoms with E-state index in [4.69, 9.17) is 21.5 Å². The van der Waals surface area contributed by atoms with Crippen LogP contribution in [0.4, 0.5) is 26.3 Å². The highest BCUT2D eigenvalue weighted by atomic mass is 35.5. The van der Waals surface area contributed by atoms with Gasteiger partial charge in [0.05, 0.1) is 18.2 Å². The number of H-pyrrole nitrogens is 2. The Morgan fingerprint density at radius 1 is 1.13 bits per heavy atom. The second kappa shape index (κ2) is 7.86. The summed E-state index contributed by atoms with van der Waals surface area (Å²) in [5.41, 5.74) is 1.04. The number of aromatic nitrogens is 8. The lowest BCUT2D eigenvalue weighted by Crippen LogP contribution is -2.21. The Bertz CT molecular complexity index is 1210. The Hall–Kier alpha value is -3.69. The number of aliphatic carboxylic acids is 1. The van der Waals surface area contributed by atoms with E-state index in [0.717, 1.165) is 0 Å². The van der Waals surface area contributed by atoms with E-state index in [2.05, 4.69) is 30.0 Å². The third-order valence-electron chi connectivity index (χ3n) is 3.42. The maximum Gasteiger partial charge on any atom is 0.490 e. The van der Waals surface area contributed by atoms with E-state index in [0.29, 0.717) is 11.4 Å². The molecule has 0 atom stereocenters. The van der Waals surface area contributed by atoms with Crippen molar-refractivity contribution in [2.75, 3.05) is 0 Å². The maximum absolute atomic E-state index is 12.7. The number of carboxylic acid groups (broad SMARTS) is 1. The van der Waals surface area contributed by atoms with Crippen molar-refractivity contribution < 1.29 is 36.2 Å². The van der Waals surface area contributed by atoms with E-state index in [-0.39, 0.29) is 22.4 Å². The molecule has 0 unspecified atom stereocenters. The summed E-state index contributed by atoms with van der Waals surface area (Å²) >= 11 is 5.84. The molecular weight excluding hydrogens is 462 g/mol. The van der Waals surface area contributed by atoms with Crippen LogP contribution in [0, 0.1) is 0 Å². The van der Waals surface area contributed by atoms with Crippen molar-refractivity contribution in [3.63, 3.8) is 0 Å². The van der Waals surface area contributed by atoms with E-state index >= 15 is 0 Å². The number of nitrogens with zero attached hydrogens (tertiary/aromatic N) is 6. The number of hydrogen-bond acceptors (Lipinski definition) is 6. The molecule has 0 aliphatic heterocycles. The first kappa shape index (κ1) is 22.0. The highest BCUT2D eigenvalue weighted by Crippen LogP contribution is 2.32. The van der Waals surface area contributed by atoms with Gasteiger partial charge in [-0.25, -0.2) is 24.7 Å². The van der Waals surface area contributed by atoms with E-state index < -0.39 is 24.1 Å². The van der Waals surface area contributed by atoms with Crippen LogP contribution in [0.15, 0.2) is 24.8 Å². The number of halogens is 7. The number of imidazole rings is 2. The lowest BCUT2D eigenvalue weighted by molar-refractivity contribution is -0.192. The molecule has 4 aromatic rings. The van der Waals surface area contributed by atoms with Crippen LogP contribution in [0.5, 0.6) is 0 Å². The summed E-state index contributed by atoms with van der Waals surface area (Å²) in [6, 6.07) is 1.53. The van der Waals surface area contributed by atoms with Gasteiger partial charge in [0.2, 0.25) is 17.4 Å². The molecule has 4 aromatic heterocycles. The van der Waals surface area contributed by atoms with Crippen molar-refractivity contribution in [3.8, 4) is 22.9 Å². The summed E-state index contributed by atoms with van der Waals surface area (Å²) in [6.07, 6.45) is -5.20. The minimum absolute atomic E-state index is 0.112. The predicted molar refractivity (Wildman–Crippen MR) is 89.6 cm³/mol. The fourth-order valence-electron chi connectivity index (χ4n) is 2.20. The van der Waals surface area contributed by atoms with Gasteiger partial charge in [-0.3, -0.25) is 9.50 Å². The Balaban J connectivity index is 0.000000339. The maximum atomic E-state index is 12.7. The molecule has 4 rings (SSSR count). The van der Waals surface area contributed by atoms with Gasteiger partial charge in [0, 0.05) is 6.20 Å². The number of fused-ring (bicyclic) bond motifs is 1. The fourth-order valence-corrected chi connectivity index (χ4v) is 2.33. The largest absolute Gasteiger partial charge is 0.490 e. The van der Waals surface area contributed by atoms with Crippen LogP contribution >= 0.6 is 11.6 Å². The summed E-state index contributed by atoms with van der Waals surface area (Å²) in [5, 5.41) is 12.8. The van der Waals surface area contributed by atoms with Crippen LogP contribution in [0.25, 0.3) is 28.7 Å². The molecule has 0 aliphatic rings. The van der Waals surface area contributed by atoms with Crippen molar-refractivity contribution in [2.24, 2.45) is 0 Å². The molecule has 164 valence electrons. The molecular formula is C14H7ClF6N8O2. The van der Waals surface area contributed by atoms with Gasteiger partial charge in [-0.1, -0.05) is 11.6 Å². The Kier molecular flexibility index (Phi) is 5.58. The second-order valence-corrected chi connectivity index (χ2v) is 5.89. The molecule has 31 heavy (non-hydrogen) atoms. The van der Waals surface area contributed by atoms with Crippen molar-refractivity contribution in [1.82, 2.24) is 39.5 Å². The van der Waals surface area contributed by atoms with Crippen LogP contribution < -0.4 is 0 Å². The normalized spacial score (nSPS) is 12.0. The summed E-state index contributed by atoms with van der Waals surface area (Å²) in [5.74, 6) is -3.99. The standard InChI is InChI=1S/C12H6ClF3N8.C2HF3O2/c13-6-1-2-24-8(5-3-17-4-18-5)7(20-11(24)19-6)9-21-10(23-22-9)12(14,15)16;3-2(4,5)1(6)7/h1-4H,(H,17,18)(H,21,22,23);(H,6,7). The van der Waals surface area contributed by atoms with Crippen molar-refractivity contribution in [1.29, 1.82) is 0 Å². The zero-order chi connectivity index (χ0) is 23.0. The molecule has 0 saturated carbocycles. The first-order valence-corrected chi connectivity index (χ1v) is 8.09. The predicted octanol–water partition coefficient (Wildman–Crippen LogP) is 3.21. The van der Waals surface area contributed by atoms with Gasteiger partial charge in [0.1, 0.15) is 16.5 Å². The van der Waals surface area contributed by atoms with Gasteiger partial charge in [-0.2, -0.15) is 31.4 Å². The van der Waals surface area contributed by atoms with E-state index in [1.807, 2.05) is 5.10 Å². The monoisotopic (exact) mass is 468 g/mol. The average molecular weight is 469 g/mol. The van der Waals surface area contributed by atoms with E-state index in [1.165, 1.54) is 18.6 Å². The summed E-state index contributed by atoms with van der Waals surface area (Å²) in [6.45, 7) is 0. The summed E-state index contributed by atoms with van der Waals surface area (Å²) in [4.78, 5) is 27.4. The van der Waals surface area contributed by atoms with E-state index in [1.54, 1.807) is 10.6 Å². The number of carboxylic acids is 1. The highest BCUT2D eigenvalue weighted by Gasteiger charge is 2.38. The van der Waals surface area contributed by atoms with Gasteiger partial charge in [0.25, 0.3) is 0 Å². The van der Waals surface area contributed by atoms with Crippen molar-refractivity contribution in [3.05, 3.63) is 35.8 Å². The molecule has 0 spiro atoms. The third kappa shape index (κ3) is 4.73. The van der Waals surface area contributed by atoms with Gasteiger partial charge in [0.15, 0.2) is 0 Å². The number of aromatic amines is 2. The lowest BCUT2D eigenvalue weighted by atomic mass is 10.2. The summed E-state index contributed by atoms with van der Waals surface area (Å²) in [7, 11) is 0. The van der Waals surface area contributed by atoms with Crippen molar-refractivity contribution in [2.45, 2.75) is 12.4 Å². The molecule has 0 amide bonds. The number of hydrogen-bond donors (Lipinski definition) is 3. The molecule has 0 fully saturated rings. The molecule has 4 heterocycles. The minimum Gasteiger partial charge on any atom is -0.475 e. The highest BCUT2D eigenvalue weighted by molar-refractivity contribution is 6.29. The molecule has 0 saturated heterocycles. The molecule has 17 heteroatoms. The second-order valence-electron chi connectivity index (χ2n) is 5.50. The first-order chi connectivity index (χ1) is 14.4. The van der Waals surface area contributed by atoms with Crippen LogP contribution in [0.3, 0.4) is 0 Å². The zero-order valence-electron chi connectivity index (χ0n) is 14.5. The quantitative estimate of drug-likeness (QED) is 0.303. The van der Waals surface area contributed by atoms with Gasteiger partial charge in [-0.05, 0) is 6.07 Å². The Morgan fingerprint density at radius 3 is 2.32 bits per heavy atom. The van der Waals surface area contributed by atoms with Crippen molar-refractivity contribution >= 4 is 23.3 Å². The topological polar surface area (TPSA) is 138 Å². The van der Waals surface area contributed by atoms with Gasteiger partial charge >= 0.3 is 18.3 Å². The number of carbonyl (C=O) groups is 1. The Labute approximate surface area is 171 Å². The smallest absolute Gasteiger partial charge is 0.475 e. The van der Waals surface area contributed by atoms with Gasteiger partial charge < -0.3 is 10.1 Å². The molecule has 0 aromatic carbocycles. The zero-order valence-corrected chi connectivity index (χ0v) is 15.2.